The minimum atomic E-state index is -4.02. The number of hydrogen-bond acceptors (Lipinski definition) is 8. The van der Waals surface area contributed by atoms with Crippen LogP contribution in [0.3, 0.4) is 0 Å². The van der Waals surface area contributed by atoms with Crippen molar-refractivity contribution in [3.05, 3.63) is 0 Å². The maximum Gasteiger partial charge on any atom is 0.327 e. The summed E-state index contributed by atoms with van der Waals surface area (Å²) in [6.07, 6.45) is 0.331. The molecular formula is C9H18N2O6S4. The standard InChI is InChI=1S/C9H18N2O6S4/c10-6(1-2-18)8(12)11-7(9(13)14)5-20-19-3-4-21(15,16)17/h6-7,18H,1-5,10H2,(H,11,12)(H,13,14)(H,15,16,17)/t6-,7-/m0/s1. The number of nitrogens with two attached hydrogens (primary N) is 1. The van der Waals surface area contributed by atoms with E-state index in [2.05, 4.69) is 17.9 Å². The van der Waals surface area contributed by atoms with Crippen molar-refractivity contribution in [2.24, 2.45) is 5.73 Å². The molecule has 2 atom stereocenters. The molecule has 0 fully saturated rings. The molecule has 5 N–H and O–H groups in total. The van der Waals surface area contributed by atoms with Crippen molar-refractivity contribution in [1.29, 1.82) is 0 Å². The van der Waals surface area contributed by atoms with Gasteiger partial charge in [0.15, 0.2) is 0 Å². The molecule has 0 aromatic heterocycles. The van der Waals surface area contributed by atoms with Crippen LogP contribution in [0.4, 0.5) is 0 Å². The van der Waals surface area contributed by atoms with E-state index in [-0.39, 0.29) is 11.5 Å². The summed E-state index contributed by atoms with van der Waals surface area (Å²) in [7, 11) is -1.84. The van der Waals surface area contributed by atoms with Gasteiger partial charge in [0.2, 0.25) is 5.91 Å². The predicted molar refractivity (Wildman–Crippen MR) is 87.3 cm³/mol. The zero-order chi connectivity index (χ0) is 16.5. The second kappa shape index (κ2) is 10.6. The lowest BCUT2D eigenvalue weighted by atomic mass is 10.2. The first-order chi connectivity index (χ1) is 9.67. The van der Waals surface area contributed by atoms with E-state index in [9.17, 15) is 18.0 Å². The number of carbonyl (C=O) groups excluding carboxylic acids is 1. The Morgan fingerprint density at radius 1 is 1.33 bits per heavy atom. The Kier molecular flexibility index (Phi) is 10.5. The quantitative estimate of drug-likeness (QED) is 0.138. The molecule has 0 aromatic carbocycles. The summed E-state index contributed by atoms with van der Waals surface area (Å²) >= 11 is 3.94. The molecular weight excluding hydrogens is 360 g/mol. The van der Waals surface area contributed by atoms with Gasteiger partial charge in [-0.15, -0.1) is 0 Å². The van der Waals surface area contributed by atoms with Crippen molar-refractivity contribution in [2.75, 3.05) is 23.0 Å². The van der Waals surface area contributed by atoms with Crippen LogP contribution in [0.2, 0.25) is 0 Å². The highest BCUT2D eigenvalue weighted by Crippen LogP contribution is 2.22. The Balaban J connectivity index is 4.14. The normalized spacial score (nSPS) is 14.4. The monoisotopic (exact) mass is 378 g/mol. The van der Waals surface area contributed by atoms with Crippen molar-refractivity contribution in [3.8, 4) is 0 Å². The van der Waals surface area contributed by atoms with Gasteiger partial charge in [-0.2, -0.15) is 21.0 Å². The predicted octanol–water partition coefficient (Wildman–Crippen LogP) is -0.528. The number of thiol groups is 1. The van der Waals surface area contributed by atoms with E-state index in [1.165, 1.54) is 0 Å². The lowest BCUT2D eigenvalue weighted by molar-refractivity contribution is -0.141. The van der Waals surface area contributed by atoms with Crippen LogP contribution in [0.25, 0.3) is 0 Å². The number of nitrogens with one attached hydrogen (secondary N) is 1. The summed E-state index contributed by atoms with van der Waals surface area (Å²) in [5, 5.41) is 11.3. The van der Waals surface area contributed by atoms with Gasteiger partial charge in [0, 0.05) is 11.5 Å². The number of carboxylic acid groups (broad SMARTS) is 1. The van der Waals surface area contributed by atoms with Gasteiger partial charge in [-0.25, -0.2) is 4.79 Å². The van der Waals surface area contributed by atoms with Gasteiger partial charge in [0.05, 0.1) is 11.8 Å². The van der Waals surface area contributed by atoms with E-state index in [0.717, 1.165) is 21.6 Å². The van der Waals surface area contributed by atoms with E-state index < -0.39 is 39.8 Å². The summed E-state index contributed by atoms with van der Waals surface area (Å²) in [5.41, 5.74) is 5.54. The highest BCUT2D eigenvalue weighted by atomic mass is 33.1. The van der Waals surface area contributed by atoms with Gasteiger partial charge < -0.3 is 16.2 Å². The fraction of sp³-hybridized carbons (Fsp3) is 0.778. The van der Waals surface area contributed by atoms with E-state index in [1.807, 2.05) is 0 Å². The van der Waals surface area contributed by atoms with Crippen molar-refractivity contribution in [1.82, 2.24) is 5.32 Å². The SMILES string of the molecule is N[C@@H](CCS)C(=O)N[C@@H](CSSCCS(=O)(=O)O)C(=O)O. The Morgan fingerprint density at radius 2 is 1.95 bits per heavy atom. The summed E-state index contributed by atoms with van der Waals surface area (Å²) < 4.78 is 29.5. The molecule has 8 nitrogen and oxygen atoms in total. The molecule has 0 rings (SSSR count). The van der Waals surface area contributed by atoms with Gasteiger partial charge in [-0.05, 0) is 12.2 Å². The molecule has 0 radical (unpaired) electrons. The number of aliphatic carboxylic acids is 1. The maximum atomic E-state index is 11.6. The Labute approximate surface area is 136 Å². The van der Waals surface area contributed by atoms with Crippen molar-refractivity contribution >= 4 is 56.2 Å². The highest BCUT2D eigenvalue weighted by Gasteiger charge is 2.23. The molecule has 1 amide bonds. The van der Waals surface area contributed by atoms with Gasteiger partial charge in [-0.1, -0.05) is 21.6 Å². The minimum absolute atomic E-state index is 0.0464. The summed E-state index contributed by atoms with van der Waals surface area (Å²) in [6, 6.07) is -1.94. The number of rotatable bonds is 11. The number of carbonyl (C=O) groups is 2. The summed E-state index contributed by atoms with van der Waals surface area (Å²) in [6.45, 7) is 0. The maximum absolute atomic E-state index is 11.6. The fourth-order valence-corrected chi connectivity index (χ4v) is 4.67. The topological polar surface area (TPSA) is 147 Å². The summed E-state index contributed by atoms with van der Waals surface area (Å²) in [5.74, 6) is -1.62. The summed E-state index contributed by atoms with van der Waals surface area (Å²) in [4.78, 5) is 22.6. The molecule has 0 aliphatic rings. The smallest absolute Gasteiger partial charge is 0.327 e. The molecule has 0 bridgehead atoms. The Bertz CT molecular complexity index is 444. The van der Waals surface area contributed by atoms with Crippen LogP contribution in [0.5, 0.6) is 0 Å². The molecule has 124 valence electrons. The molecule has 21 heavy (non-hydrogen) atoms. The molecule has 0 saturated heterocycles. The van der Waals surface area contributed by atoms with Crippen LogP contribution >= 0.6 is 34.2 Å². The van der Waals surface area contributed by atoms with Crippen LogP contribution in [0.1, 0.15) is 6.42 Å². The Morgan fingerprint density at radius 3 is 2.43 bits per heavy atom. The van der Waals surface area contributed by atoms with Crippen LogP contribution in [-0.4, -0.2) is 65.0 Å². The largest absolute Gasteiger partial charge is 0.480 e. The van der Waals surface area contributed by atoms with Gasteiger partial charge >= 0.3 is 5.97 Å². The van der Waals surface area contributed by atoms with Crippen LogP contribution < -0.4 is 11.1 Å². The lowest BCUT2D eigenvalue weighted by Gasteiger charge is -2.16. The molecule has 12 heteroatoms. The first-order valence-electron chi connectivity index (χ1n) is 5.76. The molecule has 0 spiro atoms. The molecule has 0 heterocycles. The van der Waals surface area contributed by atoms with Crippen molar-refractivity contribution in [2.45, 2.75) is 18.5 Å². The lowest BCUT2D eigenvalue weighted by Crippen LogP contribution is -2.49. The number of hydrogen-bond donors (Lipinski definition) is 5. The minimum Gasteiger partial charge on any atom is -0.480 e. The zero-order valence-corrected chi connectivity index (χ0v) is 14.3. The molecule has 0 saturated carbocycles. The molecule has 0 aliphatic heterocycles. The third-order valence-electron chi connectivity index (χ3n) is 2.13. The number of amides is 1. The second-order valence-electron chi connectivity index (χ2n) is 3.91. The van der Waals surface area contributed by atoms with Crippen LogP contribution in [0, 0.1) is 0 Å². The number of carboxylic acids is 1. The Hall–Kier alpha value is -0.140. The average molecular weight is 379 g/mol. The van der Waals surface area contributed by atoms with E-state index in [4.69, 9.17) is 15.4 Å². The molecule has 0 aromatic rings. The van der Waals surface area contributed by atoms with Gasteiger partial charge in [-0.3, -0.25) is 9.35 Å². The first kappa shape index (κ1) is 20.9. The zero-order valence-electron chi connectivity index (χ0n) is 11.0. The van der Waals surface area contributed by atoms with Gasteiger partial charge in [0.1, 0.15) is 6.04 Å². The van der Waals surface area contributed by atoms with Crippen molar-refractivity contribution < 1.29 is 27.7 Å². The van der Waals surface area contributed by atoms with Crippen molar-refractivity contribution in [3.63, 3.8) is 0 Å². The second-order valence-corrected chi connectivity index (χ2v) is 8.56. The molecule has 0 aliphatic carbocycles. The van der Waals surface area contributed by atoms with Crippen LogP contribution in [-0.2, 0) is 19.7 Å². The molecule has 0 unspecified atom stereocenters. The highest BCUT2D eigenvalue weighted by molar-refractivity contribution is 8.76. The fourth-order valence-electron chi connectivity index (χ4n) is 1.04. The first-order valence-corrected chi connectivity index (χ1v) is 10.5. The van der Waals surface area contributed by atoms with E-state index >= 15 is 0 Å². The third kappa shape index (κ3) is 11.1. The third-order valence-corrected chi connectivity index (χ3v) is 5.79. The van der Waals surface area contributed by atoms with Gasteiger partial charge in [0.25, 0.3) is 10.1 Å². The average Bonchev–Trinajstić information content (AvgIpc) is 2.35. The van der Waals surface area contributed by atoms with E-state index in [1.54, 1.807) is 0 Å². The van der Waals surface area contributed by atoms with Crippen LogP contribution in [0.15, 0.2) is 0 Å². The van der Waals surface area contributed by atoms with E-state index in [0.29, 0.717) is 12.2 Å².